The van der Waals surface area contributed by atoms with E-state index in [0.717, 1.165) is 6.20 Å². The van der Waals surface area contributed by atoms with Crippen LogP contribution in [0.2, 0.25) is 0 Å². The molecule has 0 bridgehead atoms. The smallest absolute Gasteiger partial charge is 0.506 e. The second-order valence-corrected chi connectivity index (χ2v) is 3.52. The summed E-state index contributed by atoms with van der Waals surface area (Å²) in [5, 5.41) is 9.22. The molecule has 0 aliphatic heterocycles. The lowest BCUT2D eigenvalue weighted by Crippen LogP contribution is -2.20. The number of aromatic hydroxyl groups is 1. The van der Waals surface area contributed by atoms with Crippen LogP contribution in [0.4, 0.5) is 13.2 Å². The molecule has 0 radical (unpaired) electrons. The van der Waals surface area contributed by atoms with Crippen LogP contribution in [0.1, 0.15) is 5.56 Å². The van der Waals surface area contributed by atoms with Gasteiger partial charge in [-0.15, -0.1) is 13.2 Å². The molecule has 1 rings (SSSR count). The minimum absolute atomic E-state index is 0.0109. The molecule has 1 aromatic heterocycles. The Balaban J connectivity index is 3.20. The second kappa shape index (κ2) is 4.39. The quantitative estimate of drug-likeness (QED) is 0.639. The number of hydrogen-bond acceptors (Lipinski definition) is 4. The predicted octanol–water partition coefficient (Wildman–Crippen LogP) is 1.75. The summed E-state index contributed by atoms with van der Waals surface area (Å²) in [6.45, 7) is -0.268. The molecule has 15 heavy (non-hydrogen) atoms. The third-order valence-corrected chi connectivity index (χ3v) is 2.26. The third kappa shape index (κ3) is 3.09. The van der Waals surface area contributed by atoms with Crippen molar-refractivity contribution in [3.05, 3.63) is 15.5 Å². The van der Waals surface area contributed by atoms with Crippen molar-refractivity contribution in [1.82, 2.24) is 4.98 Å². The Bertz CT molecular complexity index is 370. The number of ether oxygens (including phenoxy) is 1. The Hall–Kier alpha value is -0.770. The molecule has 4 nitrogen and oxygen atoms in total. The fourth-order valence-corrected chi connectivity index (χ4v) is 1.49. The van der Waals surface area contributed by atoms with E-state index < -0.39 is 17.9 Å². The number of nitrogens with two attached hydrogens (primary N) is 1. The number of alkyl halides is 3. The third-order valence-electron chi connectivity index (χ3n) is 1.49. The van der Waals surface area contributed by atoms with Crippen LogP contribution in [0.3, 0.4) is 0 Å². The molecule has 0 saturated carbocycles. The Morgan fingerprint density at radius 3 is 2.60 bits per heavy atom. The van der Waals surface area contributed by atoms with E-state index in [9.17, 15) is 18.3 Å². The van der Waals surface area contributed by atoms with E-state index in [1.54, 1.807) is 22.6 Å². The Morgan fingerprint density at radius 1 is 1.53 bits per heavy atom. The number of nitrogens with zero attached hydrogens (tertiary/aromatic N) is 1. The molecule has 0 aliphatic carbocycles. The van der Waals surface area contributed by atoms with Crippen molar-refractivity contribution >= 4 is 22.6 Å². The van der Waals surface area contributed by atoms with Crippen LogP contribution in [-0.4, -0.2) is 16.5 Å². The van der Waals surface area contributed by atoms with Gasteiger partial charge in [0.15, 0.2) is 5.75 Å². The molecule has 1 aromatic rings. The van der Waals surface area contributed by atoms with Crippen molar-refractivity contribution in [2.24, 2.45) is 5.73 Å². The Kier molecular flexibility index (Phi) is 3.60. The molecule has 84 valence electrons. The lowest BCUT2D eigenvalue weighted by atomic mass is 10.2. The standard InChI is InChI=1S/C7H6F3IN2O2/c8-7(9,10)15-5-3(1-12)4(14)2-13-6(5)11/h2,14H,1,12H2. The number of aromatic nitrogens is 1. The monoisotopic (exact) mass is 334 g/mol. The van der Waals surface area contributed by atoms with Gasteiger partial charge >= 0.3 is 6.36 Å². The van der Waals surface area contributed by atoms with Crippen molar-refractivity contribution in [1.29, 1.82) is 0 Å². The van der Waals surface area contributed by atoms with Crippen LogP contribution < -0.4 is 10.5 Å². The van der Waals surface area contributed by atoms with Gasteiger partial charge in [-0.25, -0.2) is 4.98 Å². The van der Waals surface area contributed by atoms with E-state index in [1.165, 1.54) is 0 Å². The second-order valence-electron chi connectivity index (χ2n) is 2.49. The normalized spacial score (nSPS) is 11.5. The van der Waals surface area contributed by atoms with Crippen LogP contribution in [0.15, 0.2) is 6.20 Å². The van der Waals surface area contributed by atoms with Gasteiger partial charge in [-0.05, 0) is 22.6 Å². The van der Waals surface area contributed by atoms with Gasteiger partial charge in [0.25, 0.3) is 0 Å². The predicted molar refractivity (Wildman–Crippen MR) is 53.2 cm³/mol. The molecule has 3 N–H and O–H groups in total. The van der Waals surface area contributed by atoms with E-state index in [2.05, 4.69) is 9.72 Å². The Morgan fingerprint density at radius 2 is 2.13 bits per heavy atom. The summed E-state index contributed by atoms with van der Waals surface area (Å²) in [6, 6.07) is 0. The van der Waals surface area contributed by atoms with Gasteiger partial charge in [0, 0.05) is 6.54 Å². The van der Waals surface area contributed by atoms with E-state index in [1.807, 2.05) is 0 Å². The van der Waals surface area contributed by atoms with E-state index in [0.29, 0.717) is 0 Å². The zero-order valence-electron chi connectivity index (χ0n) is 7.18. The molecule has 8 heteroatoms. The lowest BCUT2D eigenvalue weighted by molar-refractivity contribution is -0.275. The van der Waals surface area contributed by atoms with Crippen LogP contribution in [0, 0.1) is 3.70 Å². The fourth-order valence-electron chi connectivity index (χ4n) is 0.912. The maximum atomic E-state index is 12.0. The van der Waals surface area contributed by atoms with Gasteiger partial charge in [0.2, 0.25) is 0 Å². The van der Waals surface area contributed by atoms with Gasteiger partial charge in [-0.3, -0.25) is 0 Å². The van der Waals surface area contributed by atoms with Gasteiger partial charge in [-0.2, -0.15) is 0 Å². The van der Waals surface area contributed by atoms with Crippen LogP contribution in [0.5, 0.6) is 11.5 Å². The largest absolute Gasteiger partial charge is 0.573 e. The minimum Gasteiger partial charge on any atom is -0.506 e. The Labute approximate surface area is 96.4 Å². The summed E-state index contributed by atoms with van der Waals surface area (Å²) in [5.41, 5.74) is 5.08. The summed E-state index contributed by atoms with van der Waals surface area (Å²) in [5.74, 6) is -0.970. The summed E-state index contributed by atoms with van der Waals surface area (Å²) < 4.78 is 39.7. The summed E-state index contributed by atoms with van der Waals surface area (Å²) in [7, 11) is 0. The van der Waals surface area contributed by atoms with Crippen molar-refractivity contribution < 1.29 is 23.0 Å². The van der Waals surface area contributed by atoms with Gasteiger partial charge in [0.05, 0.1) is 11.8 Å². The summed E-state index contributed by atoms with van der Waals surface area (Å²) in [6.07, 6.45) is -3.81. The number of pyridine rings is 1. The number of hydrogen-bond donors (Lipinski definition) is 2. The number of halogens is 4. The molecule has 1 heterocycles. The molecule has 0 spiro atoms. The molecule has 0 unspecified atom stereocenters. The molecular weight excluding hydrogens is 328 g/mol. The SMILES string of the molecule is NCc1c(O)cnc(I)c1OC(F)(F)F. The van der Waals surface area contributed by atoms with Crippen LogP contribution in [0.25, 0.3) is 0 Å². The molecule has 0 saturated heterocycles. The van der Waals surface area contributed by atoms with E-state index >= 15 is 0 Å². The highest BCUT2D eigenvalue weighted by molar-refractivity contribution is 14.1. The molecule has 0 atom stereocenters. The fraction of sp³-hybridized carbons (Fsp3) is 0.286. The van der Waals surface area contributed by atoms with Crippen LogP contribution in [-0.2, 0) is 6.54 Å². The summed E-state index contributed by atoms with van der Waals surface area (Å²) in [4.78, 5) is 3.53. The topological polar surface area (TPSA) is 68.4 Å². The average molecular weight is 334 g/mol. The average Bonchev–Trinajstić information content (AvgIpc) is 2.10. The molecule has 0 aromatic carbocycles. The highest BCUT2D eigenvalue weighted by Gasteiger charge is 2.33. The summed E-state index contributed by atoms with van der Waals surface area (Å²) >= 11 is 1.56. The first-order valence-electron chi connectivity index (χ1n) is 3.67. The zero-order chi connectivity index (χ0) is 11.6. The first-order valence-corrected chi connectivity index (χ1v) is 4.75. The van der Waals surface area contributed by atoms with Crippen LogP contribution >= 0.6 is 22.6 Å². The van der Waals surface area contributed by atoms with E-state index in [4.69, 9.17) is 5.73 Å². The number of rotatable bonds is 2. The van der Waals surface area contributed by atoms with E-state index in [-0.39, 0.29) is 15.8 Å². The maximum absolute atomic E-state index is 12.0. The molecule has 0 amide bonds. The lowest BCUT2D eigenvalue weighted by Gasteiger charge is -2.14. The van der Waals surface area contributed by atoms with Crippen molar-refractivity contribution in [3.8, 4) is 11.5 Å². The van der Waals surface area contributed by atoms with Crippen molar-refractivity contribution in [2.75, 3.05) is 0 Å². The van der Waals surface area contributed by atoms with Crippen molar-refractivity contribution in [2.45, 2.75) is 12.9 Å². The van der Waals surface area contributed by atoms with Crippen molar-refractivity contribution in [3.63, 3.8) is 0 Å². The van der Waals surface area contributed by atoms with Gasteiger partial charge in [0.1, 0.15) is 9.45 Å². The first-order chi connectivity index (χ1) is 6.85. The molecule has 0 aliphatic rings. The molecular formula is C7H6F3IN2O2. The highest BCUT2D eigenvalue weighted by Crippen LogP contribution is 2.34. The zero-order valence-corrected chi connectivity index (χ0v) is 9.33. The molecule has 0 fully saturated rings. The van der Waals surface area contributed by atoms with Gasteiger partial charge < -0.3 is 15.6 Å². The minimum atomic E-state index is -4.83. The van der Waals surface area contributed by atoms with Gasteiger partial charge in [-0.1, -0.05) is 0 Å². The first kappa shape index (κ1) is 12.3. The maximum Gasteiger partial charge on any atom is 0.573 e. The highest BCUT2D eigenvalue weighted by atomic mass is 127.